The van der Waals surface area contributed by atoms with Crippen LogP contribution >= 0.6 is 0 Å². The zero-order valence-corrected chi connectivity index (χ0v) is 3.97. The molecule has 4 heteroatoms. The van der Waals surface area contributed by atoms with Crippen LogP contribution in [-0.2, 0) is 0 Å². The van der Waals surface area contributed by atoms with Gasteiger partial charge in [-0.1, -0.05) is 0 Å². The van der Waals surface area contributed by atoms with Gasteiger partial charge in [0.05, 0.1) is 0 Å². The fourth-order valence-corrected chi connectivity index (χ4v) is 0.383. The summed E-state index contributed by atoms with van der Waals surface area (Å²) in [5, 5.41) is 0. The Morgan fingerprint density at radius 1 is 1.50 bits per heavy atom. The Morgan fingerprint density at radius 2 is 2.25 bits per heavy atom. The Kier molecular flexibility index (Phi) is 0.997. The highest BCUT2D eigenvalue weighted by Gasteiger charge is 1.77. The third-order valence-electron chi connectivity index (χ3n) is 0.686. The second kappa shape index (κ2) is 1.65. The van der Waals surface area contributed by atoms with E-state index < -0.39 is 5.69 Å². The first-order chi connectivity index (χ1) is 3.79. The van der Waals surface area contributed by atoms with E-state index in [2.05, 4.69) is 4.98 Å². The maximum Gasteiger partial charge on any atom is 0.325 e. The molecule has 1 rings (SSSR count). The van der Waals surface area contributed by atoms with Crippen molar-refractivity contribution in [2.75, 3.05) is 0 Å². The summed E-state index contributed by atoms with van der Waals surface area (Å²) in [4.78, 5) is 24.7. The Morgan fingerprint density at radius 3 is 2.62 bits per heavy atom. The van der Waals surface area contributed by atoms with Crippen LogP contribution < -0.4 is 11.2 Å². The Balaban J connectivity index is 0.000000640. The highest BCUT2D eigenvalue weighted by atomic mass is 16.2. The molecule has 1 aromatic heterocycles. The van der Waals surface area contributed by atoms with Crippen molar-refractivity contribution in [3.05, 3.63) is 33.1 Å². The fourth-order valence-electron chi connectivity index (χ4n) is 0.383. The predicted octanol–water partition coefficient (Wildman–Crippen LogP) is -0.691. The quantitative estimate of drug-likeness (QED) is 0.468. The Labute approximate surface area is 45.7 Å². The van der Waals surface area contributed by atoms with Gasteiger partial charge in [0, 0.05) is 13.7 Å². The van der Waals surface area contributed by atoms with Gasteiger partial charge in [-0.15, -0.1) is 0 Å². The van der Waals surface area contributed by atoms with Crippen LogP contribution in [0.15, 0.2) is 21.9 Å². The average Bonchev–Trinajstić information content (AvgIpc) is 1.64. The lowest BCUT2D eigenvalue weighted by atomic mass is 10.7. The second-order valence-corrected chi connectivity index (χ2v) is 1.30. The lowest BCUT2D eigenvalue weighted by Crippen LogP contribution is -2.19. The van der Waals surface area contributed by atoms with Crippen molar-refractivity contribution in [3.63, 3.8) is 0 Å². The first-order valence-corrected chi connectivity index (χ1v) is 2.07. The van der Waals surface area contributed by atoms with E-state index in [9.17, 15) is 9.59 Å². The maximum absolute atomic E-state index is 10.2. The Hall–Kier alpha value is -1.32. The van der Waals surface area contributed by atoms with Crippen molar-refractivity contribution in [1.29, 1.82) is 0 Å². The molecule has 44 valence electrons. The van der Waals surface area contributed by atoms with Gasteiger partial charge >= 0.3 is 5.69 Å². The lowest BCUT2D eigenvalue weighted by molar-refractivity contribution is 1.04. The van der Waals surface area contributed by atoms with Crippen molar-refractivity contribution in [2.45, 2.75) is 0 Å². The highest BCUT2D eigenvalue weighted by molar-refractivity contribution is 4.77. The molecule has 0 saturated carbocycles. The summed E-state index contributed by atoms with van der Waals surface area (Å²) in [6.45, 7) is 0. The molecule has 2 N–H and O–H groups in total. The molecule has 0 saturated heterocycles. The van der Waals surface area contributed by atoms with E-state index in [4.69, 9.17) is 0 Å². The van der Waals surface area contributed by atoms with Gasteiger partial charge in [-0.25, -0.2) is 4.79 Å². The van der Waals surface area contributed by atoms with Crippen molar-refractivity contribution < 1.29 is 1.43 Å². The van der Waals surface area contributed by atoms with Crippen LogP contribution in [0, 0.1) is 0 Å². The number of rotatable bonds is 0. The maximum atomic E-state index is 10.2. The second-order valence-electron chi connectivity index (χ2n) is 1.30. The summed E-state index contributed by atoms with van der Waals surface area (Å²) in [6, 6.07) is 1.24. The van der Waals surface area contributed by atoms with E-state index in [0.29, 0.717) is 0 Å². The van der Waals surface area contributed by atoms with Gasteiger partial charge in [0.1, 0.15) is 0 Å². The van der Waals surface area contributed by atoms with Crippen LogP contribution in [0.2, 0.25) is 0 Å². The average molecular weight is 114 g/mol. The SMILES string of the molecule is O=c1cc[nH]c(=O)[nH]1.[HH]. The van der Waals surface area contributed by atoms with E-state index in [1.54, 1.807) is 0 Å². The fraction of sp³-hybridized carbons (Fsp3) is 0. The lowest BCUT2D eigenvalue weighted by Gasteiger charge is -1.75. The molecule has 0 unspecified atom stereocenters. The highest BCUT2D eigenvalue weighted by Crippen LogP contribution is 1.51. The van der Waals surface area contributed by atoms with Crippen molar-refractivity contribution in [2.24, 2.45) is 0 Å². The van der Waals surface area contributed by atoms with Gasteiger partial charge in [0.2, 0.25) is 0 Å². The largest absolute Gasteiger partial charge is 0.325 e. The molecule has 0 aliphatic heterocycles. The van der Waals surface area contributed by atoms with Crippen LogP contribution in [0.1, 0.15) is 1.43 Å². The van der Waals surface area contributed by atoms with Crippen molar-refractivity contribution in [1.82, 2.24) is 9.97 Å². The minimum Gasteiger partial charge on any atom is -0.314 e. The molecule has 0 atom stereocenters. The molecule has 0 aromatic carbocycles. The van der Waals surface area contributed by atoms with E-state index in [1.807, 2.05) is 4.98 Å². The van der Waals surface area contributed by atoms with Gasteiger partial charge in [-0.2, -0.15) is 0 Å². The van der Waals surface area contributed by atoms with Crippen LogP contribution in [0.25, 0.3) is 0 Å². The van der Waals surface area contributed by atoms with Crippen molar-refractivity contribution >= 4 is 0 Å². The molecular weight excluding hydrogens is 108 g/mol. The molecule has 0 bridgehead atoms. The van der Waals surface area contributed by atoms with E-state index in [0.717, 1.165) is 0 Å². The van der Waals surface area contributed by atoms with Gasteiger partial charge in [0.15, 0.2) is 0 Å². The van der Waals surface area contributed by atoms with Gasteiger partial charge in [-0.05, 0) is 0 Å². The van der Waals surface area contributed by atoms with Crippen molar-refractivity contribution in [3.8, 4) is 0 Å². The molecule has 8 heavy (non-hydrogen) atoms. The molecule has 1 aromatic rings. The molecular formula is C4H6N2O2. The summed E-state index contributed by atoms with van der Waals surface area (Å²) in [5.74, 6) is 0. The molecule has 0 amide bonds. The van der Waals surface area contributed by atoms with Crippen LogP contribution in [0.3, 0.4) is 0 Å². The molecule has 0 fully saturated rings. The van der Waals surface area contributed by atoms with E-state index in [1.165, 1.54) is 12.3 Å². The number of hydrogen-bond donors (Lipinski definition) is 2. The number of aromatic amines is 2. The van der Waals surface area contributed by atoms with Crippen LogP contribution in [0.4, 0.5) is 0 Å². The smallest absolute Gasteiger partial charge is 0.314 e. The number of hydrogen-bond acceptors (Lipinski definition) is 2. The van der Waals surface area contributed by atoms with E-state index >= 15 is 0 Å². The standard InChI is InChI=1S/C4H4N2O2.H2/c7-3-1-2-5-4(8)6-3;/h1-2H,(H2,5,6,7,8);1H. The first-order valence-electron chi connectivity index (χ1n) is 2.07. The zero-order chi connectivity index (χ0) is 5.98. The molecule has 0 aliphatic carbocycles. The number of aromatic nitrogens is 2. The Bertz CT molecular complexity index is 251. The molecule has 0 radical (unpaired) electrons. The normalized spacial score (nSPS) is 9.00. The van der Waals surface area contributed by atoms with Gasteiger partial charge < -0.3 is 4.98 Å². The molecule has 0 aliphatic rings. The van der Waals surface area contributed by atoms with Gasteiger partial charge in [-0.3, -0.25) is 9.78 Å². The zero-order valence-electron chi connectivity index (χ0n) is 3.97. The summed E-state index contributed by atoms with van der Waals surface area (Å²) in [7, 11) is 0. The monoisotopic (exact) mass is 114 g/mol. The van der Waals surface area contributed by atoms with Crippen LogP contribution in [0.5, 0.6) is 0 Å². The number of H-pyrrole nitrogens is 2. The summed E-state index contributed by atoms with van der Waals surface area (Å²) in [5.41, 5.74) is -0.855. The summed E-state index contributed by atoms with van der Waals surface area (Å²) < 4.78 is 0. The molecule has 4 nitrogen and oxygen atoms in total. The van der Waals surface area contributed by atoms with Gasteiger partial charge in [0.25, 0.3) is 5.56 Å². The van der Waals surface area contributed by atoms with Crippen LogP contribution in [-0.4, -0.2) is 9.97 Å². The molecule has 0 spiro atoms. The summed E-state index contributed by atoms with van der Waals surface area (Å²) >= 11 is 0. The minimum atomic E-state index is -0.475. The minimum absolute atomic E-state index is 0. The first kappa shape index (κ1) is 4.83. The summed E-state index contributed by atoms with van der Waals surface area (Å²) in [6.07, 6.45) is 1.29. The molecule has 1 heterocycles. The third kappa shape index (κ3) is 0.841. The predicted molar refractivity (Wildman–Crippen MR) is 29.8 cm³/mol. The number of nitrogens with one attached hydrogen (secondary N) is 2. The topological polar surface area (TPSA) is 65.7 Å². The third-order valence-corrected chi connectivity index (χ3v) is 0.686. The van der Waals surface area contributed by atoms with E-state index in [-0.39, 0.29) is 6.99 Å².